The molecule has 0 spiro atoms. The summed E-state index contributed by atoms with van der Waals surface area (Å²) in [6.45, 7) is 1.98. The van der Waals surface area contributed by atoms with Crippen LogP contribution in [0.1, 0.15) is 24.2 Å². The Labute approximate surface area is 158 Å². The monoisotopic (exact) mass is 364 g/mol. The first-order valence-corrected chi connectivity index (χ1v) is 8.93. The van der Waals surface area contributed by atoms with Crippen molar-refractivity contribution in [3.63, 3.8) is 0 Å². The second-order valence-electron chi connectivity index (χ2n) is 6.33. The molecule has 0 bridgehead atoms. The number of rotatable bonds is 6. The van der Waals surface area contributed by atoms with Gasteiger partial charge in [0.25, 0.3) is 0 Å². The number of hydrogen-bond donors (Lipinski definition) is 3. The molecule has 1 aromatic heterocycles. The molecule has 27 heavy (non-hydrogen) atoms. The highest BCUT2D eigenvalue weighted by molar-refractivity contribution is 6.01. The lowest BCUT2D eigenvalue weighted by Crippen LogP contribution is -2.24. The lowest BCUT2D eigenvalue weighted by Gasteiger charge is -2.16. The number of carbonyl (C=O) groups excluding carboxylic acids is 1. The van der Waals surface area contributed by atoms with E-state index in [2.05, 4.69) is 10.2 Å². The topological polar surface area (TPSA) is 97.5 Å². The molecule has 1 aliphatic heterocycles. The van der Waals surface area contributed by atoms with Gasteiger partial charge in [0, 0.05) is 30.5 Å². The minimum absolute atomic E-state index is 0.246. The van der Waals surface area contributed by atoms with Crippen molar-refractivity contribution in [3.8, 4) is 0 Å². The molecular formula is C21H24N4O2. The van der Waals surface area contributed by atoms with Crippen LogP contribution in [0, 0.1) is 0 Å². The number of nitrogens with one attached hydrogen (secondary N) is 1. The largest absolute Gasteiger partial charge is 0.465 e. The van der Waals surface area contributed by atoms with Gasteiger partial charge in [0.15, 0.2) is 0 Å². The summed E-state index contributed by atoms with van der Waals surface area (Å²) in [7, 11) is 0. The fourth-order valence-electron chi connectivity index (χ4n) is 2.86. The number of amides is 1. The lowest BCUT2D eigenvalue weighted by atomic mass is 10.1. The summed E-state index contributed by atoms with van der Waals surface area (Å²) in [5, 5.41) is 2.81. The van der Waals surface area contributed by atoms with Crippen LogP contribution in [0.4, 0.5) is 5.69 Å². The minimum atomic E-state index is -0.246. The average molecular weight is 364 g/mol. The molecule has 2 heterocycles. The number of carbonyl (C=O) groups is 1. The number of furan rings is 1. The highest BCUT2D eigenvalue weighted by Gasteiger charge is 2.11. The molecule has 5 N–H and O–H groups in total. The quantitative estimate of drug-likeness (QED) is 0.540. The summed E-state index contributed by atoms with van der Waals surface area (Å²) < 4.78 is 5.16. The molecule has 6 heteroatoms. The van der Waals surface area contributed by atoms with Crippen molar-refractivity contribution >= 4 is 23.4 Å². The average Bonchev–Trinajstić information content (AvgIpc) is 3.38. The molecule has 2 aromatic rings. The molecule has 1 fully saturated rings. The molecule has 1 amide bonds. The maximum atomic E-state index is 12.0. The molecule has 0 saturated carbocycles. The summed E-state index contributed by atoms with van der Waals surface area (Å²) >= 11 is 0. The molecular weight excluding hydrogens is 340 g/mol. The second kappa shape index (κ2) is 8.80. The van der Waals surface area contributed by atoms with Crippen molar-refractivity contribution in [1.29, 1.82) is 0 Å². The molecule has 1 saturated heterocycles. The van der Waals surface area contributed by atoms with Crippen LogP contribution in [0.3, 0.4) is 0 Å². The molecule has 1 aliphatic rings. The van der Waals surface area contributed by atoms with Crippen LogP contribution in [0.15, 0.2) is 71.1 Å². The van der Waals surface area contributed by atoms with Gasteiger partial charge in [0.2, 0.25) is 5.91 Å². The number of hydrogen-bond acceptors (Lipinski definition) is 5. The zero-order chi connectivity index (χ0) is 19.1. The van der Waals surface area contributed by atoms with Crippen molar-refractivity contribution in [2.24, 2.45) is 11.5 Å². The van der Waals surface area contributed by atoms with E-state index in [9.17, 15) is 4.79 Å². The highest BCUT2D eigenvalue weighted by atomic mass is 16.3. The first-order valence-electron chi connectivity index (χ1n) is 8.93. The molecule has 0 atom stereocenters. The summed E-state index contributed by atoms with van der Waals surface area (Å²) in [5.74, 6) is 1.10. The van der Waals surface area contributed by atoms with Gasteiger partial charge in [-0.1, -0.05) is 12.1 Å². The Morgan fingerprint density at radius 1 is 1.11 bits per heavy atom. The van der Waals surface area contributed by atoms with Gasteiger partial charge in [0.05, 0.1) is 12.1 Å². The van der Waals surface area contributed by atoms with Gasteiger partial charge >= 0.3 is 0 Å². The van der Waals surface area contributed by atoms with Crippen molar-refractivity contribution in [2.75, 3.05) is 18.4 Å². The van der Waals surface area contributed by atoms with Gasteiger partial charge in [-0.15, -0.1) is 0 Å². The van der Waals surface area contributed by atoms with E-state index in [1.54, 1.807) is 30.5 Å². The Kier molecular flexibility index (Phi) is 5.99. The lowest BCUT2D eigenvalue weighted by molar-refractivity contribution is -0.111. The van der Waals surface area contributed by atoms with E-state index in [0.717, 1.165) is 24.5 Å². The zero-order valence-corrected chi connectivity index (χ0v) is 15.1. The van der Waals surface area contributed by atoms with Crippen LogP contribution in [-0.2, 0) is 4.79 Å². The maximum Gasteiger partial charge on any atom is 0.248 e. The summed E-state index contributed by atoms with van der Waals surface area (Å²) in [6.07, 6.45) is 10.6. The van der Waals surface area contributed by atoms with Gasteiger partial charge in [-0.2, -0.15) is 0 Å². The van der Waals surface area contributed by atoms with E-state index in [1.807, 2.05) is 30.3 Å². The molecule has 0 unspecified atom stereocenters. The Bertz CT molecular complexity index is 860. The number of nitrogens with two attached hydrogens (primary N) is 2. The van der Waals surface area contributed by atoms with Crippen molar-refractivity contribution in [3.05, 3.63) is 78.0 Å². The van der Waals surface area contributed by atoms with E-state index < -0.39 is 0 Å². The Balaban J connectivity index is 1.64. The standard InChI is InChI=1S/C21H24N4O2/c22-19(9-10-20(23)25-12-1-2-13-25)16-5-3-6-17(15-16)24-21(26)11-8-18-7-4-14-27-18/h3-11,14-15H,1-2,12-13,22-23H2,(H,24,26)/b11-8+,19-9-,20-10+. The summed E-state index contributed by atoms with van der Waals surface area (Å²) in [4.78, 5) is 14.2. The van der Waals surface area contributed by atoms with Crippen molar-refractivity contribution < 1.29 is 9.21 Å². The van der Waals surface area contributed by atoms with Crippen LogP contribution < -0.4 is 16.8 Å². The van der Waals surface area contributed by atoms with Crippen LogP contribution in [0.25, 0.3) is 11.8 Å². The summed E-state index contributed by atoms with van der Waals surface area (Å²) in [6, 6.07) is 10.9. The Morgan fingerprint density at radius 2 is 1.93 bits per heavy atom. The summed E-state index contributed by atoms with van der Waals surface area (Å²) in [5.41, 5.74) is 14.3. The molecule has 0 radical (unpaired) electrons. The van der Waals surface area contributed by atoms with Crippen LogP contribution in [-0.4, -0.2) is 23.9 Å². The second-order valence-corrected chi connectivity index (χ2v) is 6.33. The maximum absolute atomic E-state index is 12.0. The smallest absolute Gasteiger partial charge is 0.248 e. The third-order valence-electron chi connectivity index (χ3n) is 4.31. The predicted octanol–water partition coefficient (Wildman–Crippen LogP) is 3.13. The molecule has 6 nitrogen and oxygen atoms in total. The fourth-order valence-corrected chi connectivity index (χ4v) is 2.86. The van der Waals surface area contributed by atoms with Crippen LogP contribution in [0.2, 0.25) is 0 Å². The first kappa shape index (κ1) is 18.4. The fraction of sp³-hybridized carbons (Fsp3) is 0.190. The van der Waals surface area contributed by atoms with Gasteiger partial charge < -0.3 is 26.1 Å². The SMILES string of the molecule is N/C(=C\C=C(/N)N1CCCC1)c1cccc(NC(=O)/C=C/c2ccco2)c1. The molecule has 3 rings (SSSR count). The first-order chi connectivity index (χ1) is 13.1. The van der Waals surface area contributed by atoms with Crippen molar-refractivity contribution in [2.45, 2.75) is 12.8 Å². The van der Waals surface area contributed by atoms with E-state index >= 15 is 0 Å². The number of anilines is 1. The number of allylic oxidation sites excluding steroid dienone is 2. The van der Waals surface area contributed by atoms with E-state index in [0.29, 0.717) is 17.1 Å². The zero-order valence-electron chi connectivity index (χ0n) is 15.1. The predicted molar refractivity (Wildman–Crippen MR) is 108 cm³/mol. The Morgan fingerprint density at radius 3 is 2.67 bits per heavy atom. The van der Waals surface area contributed by atoms with Gasteiger partial charge in [0.1, 0.15) is 5.76 Å². The van der Waals surface area contributed by atoms with Crippen LogP contribution >= 0.6 is 0 Å². The normalized spacial score (nSPS) is 15.5. The van der Waals surface area contributed by atoms with Gasteiger partial charge in [-0.25, -0.2) is 0 Å². The molecule has 0 aliphatic carbocycles. The molecule has 1 aromatic carbocycles. The van der Waals surface area contributed by atoms with Gasteiger partial charge in [-0.3, -0.25) is 4.79 Å². The minimum Gasteiger partial charge on any atom is -0.465 e. The highest BCUT2D eigenvalue weighted by Crippen LogP contribution is 2.17. The number of benzene rings is 1. The number of likely N-dealkylation sites (tertiary alicyclic amines) is 1. The third-order valence-corrected chi connectivity index (χ3v) is 4.31. The van der Waals surface area contributed by atoms with E-state index in [1.165, 1.54) is 18.9 Å². The van der Waals surface area contributed by atoms with Gasteiger partial charge in [-0.05, 0) is 60.9 Å². The third kappa shape index (κ3) is 5.28. The number of nitrogens with zero attached hydrogens (tertiary/aromatic N) is 1. The van der Waals surface area contributed by atoms with Crippen molar-refractivity contribution in [1.82, 2.24) is 4.90 Å². The van der Waals surface area contributed by atoms with E-state index in [-0.39, 0.29) is 5.91 Å². The Hall–Kier alpha value is -3.41. The van der Waals surface area contributed by atoms with E-state index in [4.69, 9.17) is 15.9 Å². The molecule has 140 valence electrons. The van der Waals surface area contributed by atoms with Crippen LogP contribution in [0.5, 0.6) is 0 Å².